The van der Waals surface area contributed by atoms with Gasteiger partial charge in [-0.05, 0) is 49.9 Å². The second-order valence-corrected chi connectivity index (χ2v) is 8.81. The minimum atomic E-state index is -0.158. The van der Waals surface area contributed by atoms with E-state index in [9.17, 15) is 14.4 Å². The van der Waals surface area contributed by atoms with Crippen molar-refractivity contribution in [1.82, 2.24) is 14.7 Å². The van der Waals surface area contributed by atoms with Crippen LogP contribution < -0.4 is 0 Å². The number of amides is 3. The van der Waals surface area contributed by atoms with Crippen LogP contribution in [0.2, 0.25) is 5.02 Å². The molecule has 0 aromatic heterocycles. The summed E-state index contributed by atoms with van der Waals surface area (Å²) in [5.41, 5.74) is 0.602. The smallest absolute Gasteiger partial charge is 0.253 e. The van der Waals surface area contributed by atoms with Crippen molar-refractivity contribution in [1.29, 1.82) is 0 Å². The number of likely N-dealkylation sites (tertiary alicyclic amines) is 1. The Morgan fingerprint density at radius 1 is 0.724 bits per heavy atom. The number of nitrogens with zero attached hydrogens (tertiary/aromatic N) is 3. The molecule has 156 valence electrons. The SMILES string of the molecule is O=C(c1ccc(Cl)cc1)N1CCCC(C(=O)N2CCN(C(=O)C3CCC3)CC2)C1. The van der Waals surface area contributed by atoms with E-state index in [1.165, 1.54) is 0 Å². The topological polar surface area (TPSA) is 60.9 Å². The molecule has 2 saturated heterocycles. The van der Waals surface area contributed by atoms with Crippen molar-refractivity contribution in [3.05, 3.63) is 34.9 Å². The number of benzene rings is 1. The van der Waals surface area contributed by atoms with E-state index in [4.69, 9.17) is 11.6 Å². The third-order valence-electron chi connectivity index (χ3n) is 6.51. The van der Waals surface area contributed by atoms with Crippen LogP contribution in [0.3, 0.4) is 0 Å². The third-order valence-corrected chi connectivity index (χ3v) is 6.76. The van der Waals surface area contributed by atoms with E-state index in [0.29, 0.717) is 49.9 Å². The Labute approximate surface area is 176 Å². The van der Waals surface area contributed by atoms with Gasteiger partial charge < -0.3 is 14.7 Å². The van der Waals surface area contributed by atoms with Crippen LogP contribution in [0.25, 0.3) is 0 Å². The lowest BCUT2D eigenvalue weighted by atomic mass is 9.84. The van der Waals surface area contributed by atoms with E-state index in [1.807, 2.05) is 9.80 Å². The van der Waals surface area contributed by atoms with Gasteiger partial charge in [-0.25, -0.2) is 0 Å². The Balaban J connectivity index is 1.31. The molecule has 1 atom stereocenters. The van der Waals surface area contributed by atoms with Crippen LogP contribution in [-0.2, 0) is 9.59 Å². The van der Waals surface area contributed by atoms with Gasteiger partial charge in [0, 0.05) is 55.8 Å². The number of hydrogen-bond donors (Lipinski definition) is 0. The third kappa shape index (κ3) is 4.42. The van der Waals surface area contributed by atoms with Crippen LogP contribution >= 0.6 is 11.6 Å². The minimum Gasteiger partial charge on any atom is -0.339 e. The molecule has 1 aliphatic carbocycles. The van der Waals surface area contributed by atoms with Gasteiger partial charge in [-0.1, -0.05) is 18.0 Å². The summed E-state index contributed by atoms with van der Waals surface area (Å²) < 4.78 is 0. The lowest BCUT2D eigenvalue weighted by Crippen LogP contribution is -2.55. The zero-order chi connectivity index (χ0) is 20.4. The highest BCUT2D eigenvalue weighted by atomic mass is 35.5. The first kappa shape index (κ1) is 20.2. The summed E-state index contributed by atoms with van der Waals surface area (Å²) in [6.45, 7) is 3.58. The lowest BCUT2D eigenvalue weighted by molar-refractivity contribution is -0.146. The highest BCUT2D eigenvalue weighted by molar-refractivity contribution is 6.30. The van der Waals surface area contributed by atoms with Crippen molar-refractivity contribution in [2.75, 3.05) is 39.3 Å². The molecule has 1 saturated carbocycles. The van der Waals surface area contributed by atoms with Gasteiger partial charge in [0.25, 0.3) is 5.91 Å². The van der Waals surface area contributed by atoms with E-state index in [2.05, 4.69) is 0 Å². The summed E-state index contributed by atoms with van der Waals surface area (Å²) in [6, 6.07) is 6.89. The maximum Gasteiger partial charge on any atom is 0.253 e. The van der Waals surface area contributed by atoms with Crippen molar-refractivity contribution >= 4 is 29.3 Å². The van der Waals surface area contributed by atoms with Crippen molar-refractivity contribution in [2.24, 2.45) is 11.8 Å². The number of piperazine rings is 1. The number of halogens is 1. The van der Waals surface area contributed by atoms with E-state index >= 15 is 0 Å². The summed E-state index contributed by atoms with van der Waals surface area (Å²) in [5.74, 6) is 0.391. The monoisotopic (exact) mass is 417 g/mol. The molecule has 2 aliphatic heterocycles. The molecule has 3 aliphatic rings. The van der Waals surface area contributed by atoms with Gasteiger partial charge in [-0.15, -0.1) is 0 Å². The molecule has 7 heteroatoms. The van der Waals surface area contributed by atoms with Crippen LogP contribution in [0.15, 0.2) is 24.3 Å². The molecule has 0 bridgehead atoms. The van der Waals surface area contributed by atoms with Gasteiger partial charge in [0.2, 0.25) is 11.8 Å². The van der Waals surface area contributed by atoms with E-state index in [-0.39, 0.29) is 29.6 Å². The zero-order valence-corrected chi connectivity index (χ0v) is 17.4. The van der Waals surface area contributed by atoms with Gasteiger partial charge in [-0.3, -0.25) is 14.4 Å². The second-order valence-electron chi connectivity index (χ2n) is 8.38. The maximum absolute atomic E-state index is 13.0. The van der Waals surface area contributed by atoms with Gasteiger partial charge >= 0.3 is 0 Å². The molecule has 1 aromatic rings. The van der Waals surface area contributed by atoms with Crippen molar-refractivity contribution in [3.63, 3.8) is 0 Å². The Kier molecular flexibility index (Phi) is 6.09. The molecule has 0 radical (unpaired) electrons. The Morgan fingerprint density at radius 3 is 1.83 bits per heavy atom. The molecule has 3 fully saturated rings. The van der Waals surface area contributed by atoms with Crippen molar-refractivity contribution in [3.8, 4) is 0 Å². The number of carbonyl (C=O) groups excluding carboxylic acids is 3. The molecule has 3 amide bonds. The fourth-order valence-electron chi connectivity index (χ4n) is 4.46. The molecule has 29 heavy (non-hydrogen) atoms. The predicted octanol–water partition coefficient (Wildman–Crippen LogP) is 2.66. The van der Waals surface area contributed by atoms with E-state index < -0.39 is 0 Å². The average Bonchev–Trinajstić information content (AvgIpc) is 2.72. The van der Waals surface area contributed by atoms with Crippen molar-refractivity contribution < 1.29 is 14.4 Å². The standard InChI is InChI=1S/C22H28ClN3O3/c23-19-8-6-17(7-9-19)21(28)26-10-2-5-18(15-26)22(29)25-13-11-24(12-14-25)20(27)16-3-1-4-16/h6-9,16,18H,1-5,10-15H2. The van der Waals surface area contributed by atoms with Crippen LogP contribution in [-0.4, -0.2) is 71.7 Å². The first-order valence-electron chi connectivity index (χ1n) is 10.7. The Bertz CT molecular complexity index is 770. The summed E-state index contributed by atoms with van der Waals surface area (Å²) >= 11 is 5.91. The van der Waals surface area contributed by atoms with Crippen molar-refractivity contribution in [2.45, 2.75) is 32.1 Å². The fourth-order valence-corrected chi connectivity index (χ4v) is 4.58. The minimum absolute atomic E-state index is 0.0462. The average molecular weight is 418 g/mol. The maximum atomic E-state index is 13.0. The highest BCUT2D eigenvalue weighted by Crippen LogP contribution is 2.29. The molecule has 0 spiro atoms. The normalized spacial score (nSPS) is 22.9. The summed E-state index contributed by atoms with van der Waals surface area (Å²) in [4.78, 5) is 43.8. The summed E-state index contributed by atoms with van der Waals surface area (Å²) in [5, 5.41) is 0.600. The van der Waals surface area contributed by atoms with Crippen LogP contribution in [0.5, 0.6) is 0 Å². The molecule has 1 unspecified atom stereocenters. The molecule has 1 aromatic carbocycles. The number of hydrogen-bond acceptors (Lipinski definition) is 3. The lowest BCUT2D eigenvalue weighted by Gasteiger charge is -2.40. The molecular formula is C22H28ClN3O3. The van der Waals surface area contributed by atoms with Crippen LogP contribution in [0, 0.1) is 11.8 Å². The van der Waals surface area contributed by atoms with Gasteiger partial charge in [0.15, 0.2) is 0 Å². The van der Waals surface area contributed by atoms with Gasteiger partial charge in [0.1, 0.15) is 0 Å². The van der Waals surface area contributed by atoms with Crippen LogP contribution in [0.1, 0.15) is 42.5 Å². The van der Waals surface area contributed by atoms with E-state index in [1.54, 1.807) is 29.2 Å². The number of piperidine rings is 1. The first-order valence-corrected chi connectivity index (χ1v) is 11.0. The predicted molar refractivity (Wildman–Crippen MR) is 111 cm³/mol. The first-order chi connectivity index (χ1) is 14.0. The molecule has 4 rings (SSSR count). The highest BCUT2D eigenvalue weighted by Gasteiger charge is 2.35. The fraction of sp³-hybridized carbons (Fsp3) is 0.591. The quantitative estimate of drug-likeness (QED) is 0.759. The Hall–Kier alpha value is -2.08. The van der Waals surface area contributed by atoms with E-state index in [0.717, 1.165) is 32.1 Å². The largest absolute Gasteiger partial charge is 0.339 e. The summed E-state index contributed by atoms with van der Waals surface area (Å²) in [6.07, 6.45) is 4.82. The Morgan fingerprint density at radius 2 is 1.28 bits per heavy atom. The molecule has 0 N–H and O–H groups in total. The molecule has 6 nitrogen and oxygen atoms in total. The number of carbonyl (C=O) groups is 3. The second kappa shape index (κ2) is 8.74. The van der Waals surface area contributed by atoms with Gasteiger partial charge in [0.05, 0.1) is 5.92 Å². The van der Waals surface area contributed by atoms with Gasteiger partial charge in [-0.2, -0.15) is 0 Å². The molecule has 2 heterocycles. The number of rotatable bonds is 3. The van der Waals surface area contributed by atoms with Crippen LogP contribution in [0.4, 0.5) is 0 Å². The summed E-state index contributed by atoms with van der Waals surface area (Å²) in [7, 11) is 0. The molecular weight excluding hydrogens is 390 g/mol. The zero-order valence-electron chi connectivity index (χ0n) is 16.7.